The lowest BCUT2D eigenvalue weighted by atomic mass is 10.1. The first-order valence-corrected chi connectivity index (χ1v) is 27.3. The molecule has 0 aromatic rings. The molecule has 3 atom stereocenters. The molecule has 0 saturated carbocycles. The zero-order valence-electron chi connectivity index (χ0n) is 42.3. The van der Waals surface area contributed by atoms with Crippen LogP contribution < -0.4 is 0 Å². The molecular weight excluding hydrogens is 872 g/mol. The molecule has 0 aliphatic rings. The first kappa shape index (κ1) is 64.3. The fraction of sp³-hybridized carbons (Fsp3) is 0.569. The summed E-state index contributed by atoms with van der Waals surface area (Å²) >= 11 is 0. The monoisotopic (exact) mass is 965 g/mol. The van der Waals surface area contributed by atoms with E-state index in [2.05, 4.69) is 154 Å². The molecular formula is C58H93O9P. The van der Waals surface area contributed by atoms with Crippen LogP contribution >= 0.6 is 7.82 Å². The van der Waals surface area contributed by atoms with Gasteiger partial charge in [0.15, 0.2) is 0 Å². The van der Waals surface area contributed by atoms with E-state index in [4.69, 9.17) is 23.6 Å². The molecule has 0 aromatic heterocycles. The Kier molecular flexibility index (Phi) is 49.9. The van der Waals surface area contributed by atoms with Gasteiger partial charge in [0.05, 0.1) is 26.4 Å². The number of hydrogen-bond donors (Lipinski definition) is 3. The lowest BCUT2D eigenvalue weighted by Gasteiger charge is -2.20. The van der Waals surface area contributed by atoms with Crippen molar-refractivity contribution in [3.63, 3.8) is 0 Å². The SMILES string of the molecule is CC/C=C\C/C=C\C/C=C\C/C=C\C/C=C\C/C=C\C/C=C\CCCC(=O)OC(COCCCCCCCCCC/C=C\C/C=C\C/C=C\C/C=C\C/C=C\CC)COP(=O)(O)OCC(O)CO. The number of phosphoric ester groups is 1. The summed E-state index contributed by atoms with van der Waals surface area (Å²) in [6, 6.07) is 0. The molecule has 0 fully saturated rings. The molecule has 0 saturated heterocycles. The van der Waals surface area contributed by atoms with Crippen molar-refractivity contribution in [3.05, 3.63) is 146 Å². The average Bonchev–Trinajstić information content (AvgIpc) is 3.33. The van der Waals surface area contributed by atoms with E-state index in [1.165, 1.54) is 32.1 Å². The van der Waals surface area contributed by atoms with E-state index in [1.807, 2.05) is 6.08 Å². The second-order valence-electron chi connectivity index (χ2n) is 16.4. The van der Waals surface area contributed by atoms with Crippen LogP contribution in [0.3, 0.4) is 0 Å². The van der Waals surface area contributed by atoms with E-state index in [-0.39, 0.29) is 13.0 Å². The Labute approximate surface area is 414 Å². The summed E-state index contributed by atoms with van der Waals surface area (Å²) < 4.78 is 33.5. The second kappa shape index (κ2) is 52.7. The second-order valence-corrected chi connectivity index (χ2v) is 17.9. The molecule has 3 unspecified atom stereocenters. The first-order chi connectivity index (χ1) is 33.3. The van der Waals surface area contributed by atoms with Crippen LogP contribution in [0.15, 0.2) is 146 Å². The Morgan fingerprint density at radius 2 is 0.794 bits per heavy atom. The molecule has 0 aromatic carbocycles. The maximum absolute atomic E-state index is 12.7. The highest BCUT2D eigenvalue weighted by Gasteiger charge is 2.26. The number of carbonyl (C=O) groups excluding carboxylic acids is 1. The van der Waals surface area contributed by atoms with Crippen molar-refractivity contribution in [1.82, 2.24) is 0 Å². The largest absolute Gasteiger partial charge is 0.472 e. The highest BCUT2D eigenvalue weighted by Crippen LogP contribution is 2.43. The standard InChI is InChI=1S/C58H93O9P/c1-3-5-7-9-11-13-15-17-19-21-23-25-27-29-31-33-35-37-39-41-43-45-47-49-51-64-54-57(55-66-68(62,63)65-53-56(60)52-59)67-58(61)50-48-46-44-42-40-38-36-34-32-30-28-26-24-22-20-18-16-14-12-10-8-6-4-2/h5-8,11-14,17-20,23-26,29-32,36,38,42,44,56-57,59-60H,3-4,9-10,15-16,21-22,27-28,33-35,37,39-41,43,45-55H2,1-2H3,(H,62,63)/b7-5-,8-6-,13-11-,14-12-,19-17-,20-18-,25-23-,26-24-,31-29-,32-30-,38-36-,44-42-. The molecule has 10 heteroatoms. The van der Waals surface area contributed by atoms with Gasteiger partial charge in [-0.1, -0.05) is 198 Å². The predicted octanol–water partition coefficient (Wildman–Crippen LogP) is 15.5. The zero-order valence-corrected chi connectivity index (χ0v) is 43.1. The number of carbonyl (C=O) groups is 1. The van der Waals surface area contributed by atoms with E-state index in [0.29, 0.717) is 19.4 Å². The van der Waals surface area contributed by atoms with Gasteiger partial charge in [0.25, 0.3) is 0 Å². The molecule has 0 aliphatic heterocycles. The third-order valence-electron chi connectivity index (χ3n) is 10.0. The van der Waals surface area contributed by atoms with Crippen molar-refractivity contribution in [2.75, 3.05) is 33.0 Å². The third-order valence-corrected chi connectivity index (χ3v) is 11.0. The maximum Gasteiger partial charge on any atom is 0.472 e. The van der Waals surface area contributed by atoms with E-state index < -0.39 is 45.8 Å². The molecule has 0 rings (SSSR count). The minimum atomic E-state index is -4.56. The number of aliphatic hydroxyl groups is 2. The molecule has 0 radical (unpaired) electrons. The van der Waals surface area contributed by atoms with E-state index in [9.17, 15) is 19.4 Å². The Morgan fingerprint density at radius 3 is 1.19 bits per heavy atom. The molecule has 0 amide bonds. The molecule has 68 heavy (non-hydrogen) atoms. The quantitative estimate of drug-likeness (QED) is 0.0236. The van der Waals surface area contributed by atoms with E-state index in [1.54, 1.807) is 0 Å². The van der Waals surface area contributed by atoms with Gasteiger partial charge >= 0.3 is 13.8 Å². The molecule has 0 bridgehead atoms. The summed E-state index contributed by atoms with van der Waals surface area (Å²) in [6.45, 7) is 3.16. The summed E-state index contributed by atoms with van der Waals surface area (Å²) in [6.07, 6.45) is 73.9. The van der Waals surface area contributed by atoms with Crippen molar-refractivity contribution in [2.24, 2.45) is 0 Å². The predicted molar refractivity (Wildman–Crippen MR) is 287 cm³/mol. The lowest BCUT2D eigenvalue weighted by Crippen LogP contribution is -2.29. The fourth-order valence-corrected chi connectivity index (χ4v) is 6.98. The van der Waals surface area contributed by atoms with Gasteiger partial charge in [0.1, 0.15) is 12.2 Å². The normalized spacial score (nSPS) is 15.0. The van der Waals surface area contributed by atoms with Crippen LogP contribution in [0, 0.1) is 0 Å². The number of allylic oxidation sites excluding steroid dienone is 24. The molecule has 0 heterocycles. The third kappa shape index (κ3) is 51.7. The number of phosphoric acid groups is 1. The van der Waals surface area contributed by atoms with Crippen molar-refractivity contribution in [3.8, 4) is 0 Å². The van der Waals surface area contributed by atoms with Crippen molar-refractivity contribution in [1.29, 1.82) is 0 Å². The molecule has 0 spiro atoms. The number of hydrogen-bond acceptors (Lipinski definition) is 8. The Bertz CT molecular complexity index is 1560. The minimum Gasteiger partial charge on any atom is -0.457 e. The Morgan fingerprint density at radius 1 is 0.456 bits per heavy atom. The van der Waals surface area contributed by atoms with E-state index >= 15 is 0 Å². The number of esters is 1. The van der Waals surface area contributed by atoms with Gasteiger partial charge in [0, 0.05) is 13.0 Å². The maximum atomic E-state index is 12.7. The molecule has 3 N–H and O–H groups in total. The number of unbranched alkanes of at least 4 members (excludes halogenated alkanes) is 9. The van der Waals surface area contributed by atoms with Gasteiger partial charge < -0.3 is 24.6 Å². The summed E-state index contributed by atoms with van der Waals surface area (Å²) in [7, 11) is -4.56. The summed E-state index contributed by atoms with van der Waals surface area (Å²) in [5.41, 5.74) is 0. The summed E-state index contributed by atoms with van der Waals surface area (Å²) in [4.78, 5) is 22.7. The van der Waals surface area contributed by atoms with Crippen molar-refractivity contribution in [2.45, 2.75) is 180 Å². The zero-order chi connectivity index (χ0) is 49.5. The number of rotatable bonds is 47. The minimum absolute atomic E-state index is 0.00868. The van der Waals surface area contributed by atoms with Gasteiger partial charge in [-0.2, -0.15) is 0 Å². The number of ether oxygens (including phenoxy) is 2. The van der Waals surface area contributed by atoms with Crippen LogP contribution in [0.1, 0.15) is 168 Å². The fourth-order valence-electron chi connectivity index (χ4n) is 6.19. The van der Waals surface area contributed by atoms with Crippen LogP contribution in [-0.4, -0.2) is 66.3 Å². The van der Waals surface area contributed by atoms with Gasteiger partial charge in [-0.25, -0.2) is 4.57 Å². The highest BCUT2D eigenvalue weighted by atomic mass is 31.2. The van der Waals surface area contributed by atoms with Gasteiger partial charge in [0.2, 0.25) is 0 Å². The van der Waals surface area contributed by atoms with Crippen molar-refractivity contribution >= 4 is 13.8 Å². The van der Waals surface area contributed by atoms with Gasteiger partial charge in [-0.15, -0.1) is 0 Å². The van der Waals surface area contributed by atoms with Crippen LogP contribution in [0.2, 0.25) is 0 Å². The first-order valence-electron chi connectivity index (χ1n) is 25.8. The lowest BCUT2D eigenvalue weighted by molar-refractivity contribution is -0.154. The van der Waals surface area contributed by atoms with Crippen LogP contribution in [0.25, 0.3) is 0 Å². The molecule has 9 nitrogen and oxygen atoms in total. The van der Waals surface area contributed by atoms with Crippen LogP contribution in [0.4, 0.5) is 0 Å². The number of aliphatic hydroxyl groups excluding tert-OH is 2. The Hall–Kier alpha value is -3.66. The van der Waals surface area contributed by atoms with Gasteiger partial charge in [-0.05, 0) is 109 Å². The smallest absolute Gasteiger partial charge is 0.457 e. The summed E-state index contributed by atoms with van der Waals surface area (Å²) in [5.74, 6) is -0.449. The topological polar surface area (TPSA) is 132 Å². The van der Waals surface area contributed by atoms with E-state index in [0.717, 1.165) is 103 Å². The highest BCUT2D eigenvalue weighted by molar-refractivity contribution is 7.47. The van der Waals surface area contributed by atoms with Crippen LogP contribution in [0.5, 0.6) is 0 Å². The molecule has 384 valence electrons. The van der Waals surface area contributed by atoms with Crippen molar-refractivity contribution < 1.29 is 43.0 Å². The average molecular weight is 965 g/mol. The summed E-state index contributed by atoms with van der Waals surface area (Å²) in [5, 5.41) is 18.4. The van der Waals surface area contributed by atoms with Gasteiger partial charge in [-0.3, -0.25) is 13.8 Å². The van der Waals surface area contributed by atoms with Crippen LogP contribution in [-0.2, 0) is 27.9 Å². The Balaban J connectivity index is 4.25. The molecule has 0 aliphatic carbocycles.